The number of fused-ring (bicyclic) bond motifs is 3. The number of rotatable bonds is 16. The number of carbonyl (C=O) groups is 3. The highest BCUT2D eigenvalue weighted by Crippen LogP contribution is 2.30. The summed E-state index contributed by atoms with van der Waals surface area (Å²) >= 11 is 14.7. The topological polar surface area (TPSA) is 290 Å². The molecule has 3 aliphatic heterocycles. The molecule has 0 aliphatic carbocycles. The van der Waals surface area contributed by atoms with E-state index in [1.807, 2.05) is 53.3 Å². The molecule has 0 spiro atoms. The van der Waals surface area contributed by atoms with Gasteiger partial charge in [0.25, 0.3) is 17.7 Å². The van der Waals surface area contributed by atoms with Gasteiger partial charge in [0, 0.05) is 88.8 Å². The van der Waals surface area contributed by atoms with Crippen LogP contribution in [-0.2, 0) is 73.8 Å². The molecule has 0 bridgehead atoms. The summed E-state index contributed by atoms with van der Waals surface area (Å²) < 4.78 is 105. The fourth-order valence-electron chi connectivity index (χ4n) is 9.77. The zero-order valence-electron chi connectivity index (χ0n) is 47.2. The molecule has 0 radical (unpaired) electrons. The van der Waals surface area contributed by atoms with Crippen molar-refractivity contribution in [3.63, 3.8) is 0 Å². The van der Waals surface area contributed by atoms with Crippen molar-refractivity contribution in [1.82, 2.24) is 28.4 Å². The average Bonchev–Trinajstić information content (AvgIpc) is 0.807. The van der Waals surface area contributed by atoms with E-state index in [0.717, 1.165) is 23.6 Å². The number of hydrogen-bond acceptors (Lipinski definition) is 14. The lowest BCUT2D eigenvalue weighted by Crippen LogP contribution is -2.42. The number of anilines is 3. The first-order valence-electron chi connectivity index (χ1n) is 27.0. The minimum absolute atomic E-state index is 0.00621. The third kappa shape index (κ3) is 15.5. The van der Waals surface area contributed by atoms with Crippen molar-refractivity contribution in [3.8, 4) is 17.2 Å². The molecule has 470 valence electrons. The van der Waals surface area contributed by atoms with E-state index in [1.165, 1.54) is 79.9 Å². The summed E-state index contributed by atoms with van der Waals surface area (Å²) in [7, 11) is -3.74. The van der Waals surface area contributed by atoms with E-state index in [0.29, 0.717) is 29.8 Å². The minimum Gasteiger partial charge on any atom is -0.755 e. The van der Waals surface area contributed by atoms with Gasteiger partial charge in [-0.2, -0.15) is 0 Å². The lowest BCUT2D eigenvalue weighted by Gasteiger charge is -2.31. The number of benzene rings is 5. The van der Waals surface area contributed by atoms with Crippen LogP contribution in [0.5, 0.6) is 17.2 Å². The van der Waals surface area contributed by atoms with E-state index in [-0.39, 0.29) is 126 Å². The van der Waals surface area contributed by atoms with E-state index in [1.54, 1.807) is 27.7 Å². The number of nitrogens with two attached hydrogens (primary N) is 1. The normalized spacial score (nSPS) is 13.8. The Hall–Kier alpha value is -9.12. The third-order valence-corrected chi connectivity index (χ3v) is 15.9. The molecule has 22 nitrogen and oxygen atoms in total. The van der Waals surface area contributed by atoms with Crippen LogP contribution in [0.25, 0.3) is 0 Å². The van der Waals surface area contributed by atoms with Crippen molar-refractivity contribution >= 4 is 90.9 Å². The number of aromatic hydroxyl groups is 1. The highest BCUT2D eigenvalue weighted by Gasteiger charge is 2.34. The molecular weight excluding hydrogens is 1280 g/mol. The summed E-state index contributed by atoms with van der Waals surface area (Å²) in [5.74, 6) is -4.25. The van der Waals surface area contributed by atoms with Gasteiger partial charge in [0.2, 0.25) is 26.3 Å². The van der Waals surface area contributed by atoms with Gasteiger partial charge in [0.1, 0.15) is 47.7 Å². The number of nitrogens with zero attached hydrogens (tertiary/aromatic N) is 6. The van der Waals surface area contributed by atoms with Gasteiger partial charge in [-0.25, -0.2) is 21.6 Å². The zero-order valence-corrected chi connectivity index (χ0v) is 51.1. The summed E-state index contributed by atoms with van der Waals surface area (Å²) in [5.41, 5.74) is 6.51. The van der Waals surface area contributed by atoms with Crippen molar-refractivity contribution in [2.75, 3.05) is 41.1 Å². The Balaban J connectivity index is 0.000000162. The maximum absolute atomic E-state index is 13.5. The Morgan fingerprint density at radius 2 is 0.922 bits per heavy atom. The van der Waals surface area contributed by atoms with Crippen LogP contribution >= 0.6 is 34.8 Å². The molecule has 3 amide bonds. The molecule has 0 saturated heterocycles. The molecule has 3 aromatic heterocycles. The Morgan fingerprint density at radius 3 is 1.32 bits per heavy atom. The van der Waals surface area contributed by atoms with Crippen LogP contribution in [0.4, 0.5) is 30.2 Å². The van der Waals surface area contributed by atoms with Crippen LogP contribution < -0.4 is 40.9 Å². The van der Waals surface area contributed by atoms with E-state index < -0.39 is 72.6 Å². The molecule has 1 unspecified atom stereocenters. The number of ether oxygens (including phenoxy) is 2. The fourth-order valence-corrected chi connectivity index (χ4v) is 11.3. The van der Waals surface area contributed by atoms with Gasteiger partial charge in [0.15, 0.2) is 34.3 Å². The predicted octanol–water partition coefficient (Wildman–Crippen LogP) is 7.91. The van der Waals surface area contributed by atoms with Crippen LogP contribution in [0, 0.1) is 17.5 Å². The van der Waals surface area contributed by atoms with Gasteiger partial charge >= 0.3 is 0 Å². The predicted molar refractivity (Wildman–Crippen MR) is 329 cm³/mol. The third-order valence-electron chi connectivity index (χ3n) is 14.1. The Morgan fingerprint density at radius 1 is 0.544 bits per heavy atom. The second kappa shape index (κ2) is 28.1. The molecule has 0 saturated carbocycles. The van der Waals surface area contributed by atoms with Crippen molar-refractivity contribution in [2.24, 2.45) is 0 Å². The summed E-state index contributed by atoms with van der Waals surface area (Å²) in [6, 6.07) is 31.0. The number of carbonyl (C=O) groups excluding carboxylic acids is 3. The van der Waals surface area contributed by atoms with Gasteiger partial charge in [-0.15, -0.1) is 0 Å². The van der Waals surface area contributed by atoms with Gasteiger partial charge in [-0.1, -0.05) is 114 Å². The van der Waals surface area contributed by atoms with E-state index in [2.05, 4.69) is 4.72 Å². The maximum Gasteiger partial charge on any atom is 0.274 e. The number of nitrogen functional groups attached to an aromatic ring is 1. The molecule has 5 aromatic carbocycles. The second-order valence-electron chi connectivity index (χ2n) is 20.5. The van der Waals surface area contributed by atoms with E-state index >= 15 is 0 Å². The largest absolute Gasteiger partial charge is 0.755 e. The number of amides is 3. The van der Waals surface area contributed by atoms with Crippen LogP contribution in [-0.4, -0.2) is 94.3 Å². The lowest BCUT2D eigenvalue weighted by atomic mass is 10.1. The summed E-state index contributed by atoms with van der Waals surface area (Å²) in [6.45, 7) is 2.51. The first-order chi connectivity index (χ1) is 42.8. The molecule has 30 heteroatoms. The highest BCUT2D eigenvalue weighted by atomic mass is 35.5. The minimum atomic E-state index is -3.74. The van der Waals surface area contributed by atoms with E-state index in [9.17, 15) is 64.2 Å². The summed E-state index contributed by atoms with van der Waals surface area (Å²) in [5, 5.41) is 9.94. The van der Waals surface area contributed by atoms with Crippen LogP contribution in [0.2, 0.25) is 15.1 Å². The molecular formula is C60H52Cl3F3N9O13S2-. The van der Waals surface area contributed by atoms with Crippen molar-refractivity contribution in [3.05, 3.63) is 242 Å². The first-order valence-corrected chi connectivity index (χ1v) is 31.1. The van der Waals surface area contributed by atoms with Gasteiger partial charge in [-0.3, -0.25) is 37.7 Å². The Labute approximate surface area is 528 Å². The molecule has 5 N–H and O–H groups in total. The van der Waals surface area contributed by atoms with E-state index in [4.69, 9.17) is 50.0 Å². The standard InChI is InChI=1S/C23H21ClFN3O5S.C22H19ClFN3O3.C15H13ClFN3O5S/c1-34(31,32)26-19-13-27-9-10-28(12-16-7-8-18(25)17(24)11-16)23(30)20(27)22(21(19)29)33-14-15-5-3-2-4-6-15;23-16-10-15(6-7-17(16)24)11-27-9-8-26-12-18(25)20(28)21(19(26)22(27)29)30-13-14-4-2-1-3-5-14;16-9-5-8(1-2-10(9)17)6-20-4-3-19-7-11(18-26(24)25)13(21)14(22)12(19)15(20)23/h2-8,11,13,26H,9-10,12,14H2,1H3;1-7,10,12H,8-9,11,13,25H2;1-2,5,7,18,22H,3-4,6H2,(H,24,25)/p-1. The van der Waals surface area contributed by atoms with Crippen molar-refractivity contribution in [2.45, 2.75) is 52.5 Å². The molecule has 90 heavy (non-hydrogen) atoms. The van der Waals surface area contributed by atoms with Crippen LogP contribution in [0.15, 0.2) is 148 Å². The molecule has 11 rings (SSSR count). The number of aromatic nitrogens is 3. The van der Waals surface area contributed by atoms with Crippen LogP contribution in [0.1, 0.15) is 59.3 Å². The summed E-state index contributed by atoms with van der Waals surface area (Å²) in [4.78, 5) is 81.5. The molecule has 8 aromatic rings. The SMILES string of the molecule is CS(=O)(=O)Nc1cn2c(c(OCc3ccccc3)c1=O)C(=O)N(Cc1ccc(F)c(Cl)c1)CC2.Nc1cn2c(c(OCc3ccccc3)c1=O)C(=O)N(Cc1ccc(F)c(Cl)c1)CC2.O=C1c2c(O)c(=O)c(NS(=O)[O-])cn2CCN1Cc1ccc(F)c(Cl)c1. The number of nitrogens with one attached hydrogen (secondary N) is 2. The number of pyridine rings is 3. The number of sulfonamides is 1. The van der Waals surface area contributed by atoms with Crippen molar-refractivity contribution in [1.29, 1.82) is 0 Å². The highest BCUT2D eigenvalue weighted by molar-refractivity contribution is 7.92. The monoisotopic (exact) mass is 1330 g/mol. The molecule has 3 aliphatic rings. The van der Waals surface area contributed by atoms with Crippen LogP contribution in [0.3, 0.4) is 0 Å². The quantitative estimate of drug-likeness (QED) is 0.0669. The lowest BCUT2D eigenvalue weighted by molar-refractivity contribution is 0.0673. The molecule has 1 atom stereocenters. The van der Waals surface area contributed by atoms with Crippen molar-refractivity contribution < 1.29 is 59.3 Å². The van der Waals surface area contributed by atoms with Gasteiger partial charge in [-0.05, 0) is 64.2 Å². The van der Waals surface area contributed by atoms with Gasteiger partial charge < -0.3 is 58.0 Å². The fraction of sp³-hybridized carbons (Fsp3) is 0.200. The zero-order chi connectivity index (χ0) is 64.7. The first kappa shape index (κ1) is 65.3. The molecule has 0 fully saturated rings. The Bertz CT molecular complexity index is 4430. The molecule has 6 heterocycles. The smallest absolute Gasteiger partial charge is 0.274 e. The summed E-state index contributed by atoms with van der Waals surface area (Å²) in [6.07, 6.45) is 4.87. The number of halogens is 6. The van der Waals surface area contributed by atoms with Gasteiger partial charge in [0.05, 0.1) is 21.3 Å². The number of hydrogen-bond donors (Lipinski definition) is 4. The average molecular weight is 1330 g/mol. The Kier molecular flexibility index (Phi) is 20.4. The maximum atomic E-state index is 13.5. The second-order valence-corrected chi connectivity index (χ2v) is 24.1.